The van der Waals surface area contributed by atoms with E-state index in [0.717, 1.165) is 5.76 Å². The number of hydrogen-bond acceptors (Lipinski definition) is 3. The van der Waals surface area contributed by atoms with Crippen LogP contribution in [0.4, 0.5) is 10.1 Å². The normalized spacial score (nSPS) is 12.4. The Morgan fingerprint density at radius 3 is 2.72 bits per heavy atom. The highest BCUT2D eigenvalue weighted by atomic mass is 19.1. The summed E-state index contributed by atoms with van der Waals surface area (Å²) < 4.78 is 19.1. The van der Waals surface area contributed by atoms with Crippen LogP contribution in [-0.4, -0.2) is 12.2 Å². The van der Waals surface area contributed by atoms with Crippen molar-refractivity contribution in [2.45, 2.75) is 19.6 Å². The number of rotatable bonds is 4. The molecule has 96 valence electrons. The highest BCUT2D eigenvalue weighted by Crippen LogP contribution is 2.29. The molecule has 0 radical (unpaired) electrons. The lowest BCUT2D eigenvalue weighted by molar-refractivity contribution is 0.199. The largest absolute Gasteiger partial charge is 0.467 e. The van der Waals surface area contributed by atoms with Crippen LogP contribution in [0.25, 0.3) is 0 Å². The van der Waals surface area contributed by atoms with Crippen molar-refractivity contribution >= 4 is 5.69 Å². The van der Waals surface area contributed by atoms with Crippen molar-refractivity contribution in [3.63, 3.8) is 0 Å². The van der Waals surface area contributed by atoms with Gasteiger partial charge < -0.3 is 14.4 Å². The third kappa shape index (κ3) is 2.54. The second-order valence-corrected chi connectivity index (χ2v) is 4.29. The van der Waals surface area contributed by atoms with Crippen molar-refractivity contribution in [3.05, 3.63) is 53.7 Å². The molecule has 0 bridgehead atoms. The van der Waals surface area contributed by atoms with Crippen LogP contribution in [0.15, 0.2) is 41.0 Å². The van der Waals surface area contributed by atoms with Gasteiger partial charge in [0.15, 0.2) is 0 Å². The van der Waals surface area contributed by atoms with E-state index < -0.39 is 6.10 Å². The summed E-state index contributed by atoms with van der Waals surface area (Å²) in [6.45, 7) is 2.08. The van der Waals surface area contributed by atoms with Crippen LogP contribution in [0.2, 0.25) is 0 Å². The van der Waals surface area contributed by atoms with Crippen molar-refractivity contribution in [1.29, 1.82) is 0 Å². The van der Waals surface area contributed by atoms with Crippen LogP contribution < -0.4 is 4.90 Å². The second-order valence-electron chi connectivity index (χ2n) is 4.29. The molecule has 0 aliphatic carbocycles. The van der Waals surface area contributed by atoms with Crippen LogP contribution in [-0.2, 0) is 6.54 Å². The first kappa shape index (κ1) is 12.6. The Hall–Kier alpha value is -1.81. The fourth-order valence-electron chi connectivity index (χ4n) is 1.99. The molecular weight excluding hydrogens is 233 g/mol. The Kier molecular flexibility index (Phi) is 3.67. The number of benzene rings is 1. The minimum Gasteiger partial charge on any atom is -0.467 e. The number of aliphatic hydroxyl groups is 1. The van der Waals surface area contributed by atoms with Crippen molar-refractivity contribution in [3.8, 4) is 0 Å². The molecule has 0 saturated carbocycles. The third-order valence-corrected chi connectivity index (χ3v) is 2.82. The lowest BCUT2D eigenvalue weighted by Gasteiger charge is -2.23. The van der Waals surface area contributed by atoms with Crippen LogP contribution in [0, 0.1) is 5.82 Å². The van der Waals surface area contributed by atoms with Gasteiger partial charge in [-0.05, 0) is 25.1 Å². The molecule has 1 unspecified atom stereocenters. The van der Waals surface area contributed by atoms with E-state index in [0.29, 0.717) is 17.8 Å². The first-order valence-electron chi connectivity index (χ1n) is 5.79. The predicted molar refractivity (Wildman–Crippen MR) is 67.8 cm³/mol. The van der Waals surface area contributed by atoms with Crippen LogP contribution >= 0.6 is 0 Å². The van der Waals surface area contributed by atoms with E-state index in [1.54, 1.807) is 43.3 Å². The van der Waals surface area contributed by atoms with Crippen molar-refractivity contribution < 1.29 is 13.9 Å². The zero-order chi connectivity index (χ0) is 13.1. The first-order valence-corrected chi connectivity index (χ1v) is 5.79. The van der Waals surface area contributed by atoms with Gasteiger partial charge in [0.25, 0.3) is 0 Å². The van der Waals surface area contributed by atoms with E-state index in [1.807, 2.05) is 6.07 Å². The standard InChI is InChI=1S/C14H16FNO2/c1-10(17)12-6-3-7-13(15)14(12)16(2)9-11-5-4-8-18-11/h3-8,10,17H,9H2,1-2H3. The highest BCUT2D eigenvalue weighted by molar-refractivity contribution is 5.55. The molecule has 0 aliphatic heterocycles. The molecular formula is C14H16FNO2. The average Bonchev–Trinajstić information content (AvgIpc) is 2.81. The van der Waals surface area contributed by atoms with Crippen molar-refractivity contribution in [2.24, 2.45) is 0 Å². The molecule has 1 atom stereocenters. The van der Waals surface area contributed by atoms with E-state index in [9.17, 15) is 9.50 Å². The quantitative estimate of drug-likeness (QED) is 0.904. The summed E-state index contributed by atoms with van der Waals surface area (Å²) in [6.07, 6.45) is 0.870. The third-order valence-electron chi connectivity index (χ3n) is 2.82. The number of nitrogens with zero attached hydrogens (tertiary/aromatic N) is 1. The Balaban J connectivity index is 2.31. The number of halogens is 1. The van der Waals surface area contributed by atoms with E-state index in [-0.39, 0.29) is 5.82 Å². The minimum atomic E-state index is -0.713. The maximum Gasteiger partial charge on any atom is 0.146 e. The highest BCUT2D eigenvalue weighted by Gasteiger charge is 2.16. The van der Waals surface area contributed by atoms with Gasteiger partial charge in [-0.1, -0.05) is 12.1 Å². The number of furan rings is 1. The summed E-state index contributed by atoms with van der Waals surface area (Å²) in [5, 5.41) is 9.69. The summed E-state index contributed by atoms with van der Waals surface area (Å²) in [6, 6.07) is 8.34. The van der Waals surface area contributed by atoms with Crippen molar-refractivity contribution in [1.82, 2.24) is 0 Å². The zero-order valence-corrected chi connectivity index (χ0v) is 10.4. The van der Waals surface area contributed by atoms with Gasteiger partial charge in [0.1, 0.15) is 11.6 Å². The SMILES string of the molecule is CC(O)c1cccc(F)c1N(C)Cc1ccco1. The molecule has 0 aliphatic rings. The van der Waals surface area contributed by atoms with Gasteiger partial charge in [-0.15, -0.1) is 0 Å². The molecule has 0 saturated heterocycles. The van der Waals surface area contributed by atoms with Crippen LogP contribution in [0.3, 0.4) is 0 Å². The first-order chi connectivity index (χ1) is 8.59. The molecule has 0 spiro atoms. The van der Waals surface area contributed by atoms with E-state index in [4.69, 9.17) is 4.42 Å². The molecule has 18 heavy (non-hydrogen) atoms. The lowest BCUT2D eigenvalue weighted by atomic mass is 10.1. The van der Waals surface area contributed by atoms with E-state index in [2.05, 4.69) is 0 Å². The van der Waals surface area contributed by atoms with Gasteiger partial charge in [-0.3, -0.25) is 0 Å². The second kappa shape index (κ2) is 5.23. The summed E-state index contributed by atoms with van der Waals surface area (Å²) in [7, 11) is 1.77. The average molecular weight is 249 g/mol. The molecule has 0 amide bonds. The fraction of sp³-hybridized carbons (Fsp3) is 0.286. The zero-order valence-electron chi connectivity index (χ0n) is 10.4. The smallest absolute Gasteiger partial charge is 0.146 e. The summed E-state index contributed by atoms with van der Waals surface area (Å²) >= 11 is 0. The number of anilines is 1. The molecule has 1 heterocycles. The van der Waals surface area contributed by atoms with Crippen LogP contribution in [0.5, 0.6) is 0 Å². The lowest BCUT2D eigenvalue weighted by Crippen LogP contribution is -2.19. The van der Waals surface area contributed by atoms with Gasteiger partial charge in [0.05, 0.1) is 24.6 Å². The molecule has 4 heteroatoms. The Labute approximate surface area is 105 Å². The van der Waals surface area contributed by atoms with Gasteiger partial charge in [-0.2, -0.15) is 0 Å². The van der Waals surface area contributed by atoms with E-state index >= 15 is 0 Å². The molecule has 1 N–H and O–H groups in total. The number of para-hydroxylation sites is 1. The number of aliphatic hydroxyl groups excluding tert-OH is 1. The Morgan fingerprint density at radius 1 is 1.33 bits per heavy atom. The van der Waals surface area contributed by atoms with E-state index in [1.165, 1.54) is 6.07 Å². The topological polar surface area (TPSA) is 36.6 Å². The van der Waals surface area contributed by atoms with Gasteiger partial charge in [0, 0.05) is 12.6 Å². The molecule has 1 aromatic heterocycles. The fourth-order valence-corrected chi connectivity index (χ4v) is 1.99. The molecule has 1 aromatic carbocycles. The maximum absolute atomic E-state index is 13.9. The Bertz CT molecular complexity index is 509. The van der Waals surface area contributed by atoms with Crippen LogP contribution in [0.1, 0.15) is 24.4 Å². The molecule has 0 fully saturated rings. The summed E-state index contributed by atoms with van der Waals surface area (Å²) in [5.74, 6) is 0.403. The Morgan fingerprint density at radius 2 is 2.11 bits per heavy atom. The van der Waals surface area contributed by atoms with Gasteiger partial charge in [0.2, 0.25) is 0 Å². The van der Waals surface area contributed by atoms with Gasteiger partial charge in [-0.25, -0.2) is 4.39 Å². The predicted octanol–water partition coefficient (Wildman–Crippen LogP) is 3.11. The van der Waals surface area contributed by atoms with Gasteiger partial charge >= 0.3 is 0 Å². The maximum atomic E-state index is 13.9. The molecule has 2 aromatic rings. The molecule has 3 nitrogen and oxygen atoms in total. The number of hydrogen-bond donors (Lipinski definition) is 1. The molecule has 2 rings (SSSR count). The summed E-state index contributed by atoms with van der Waals surface area (Å²) in [4.78, 5) is 1.73. The van der Waals surface area contributed by atoms with Crippen molar-refractivity contribution in [2.75, 3.05) is 11.9 Å². The minimum absolute atomic E-state index is 0.345. The summed E-state index contributed by atoms with van der Waals surface area (Å²) in [5.41, 5.74) is 0.980. The monoisotopic (exact) mass is 249 g/mol.